The number of benzene rings is 4. The molecular formula is C57H62N8O6. The van der Waals surface area contributed by atoms with E-state index in [9.17, 15) is 15.2 Å². The lowest BCUT2D eigenvalue weighted by Crippen LogP contribution is -2.58. The van der Waals surface area contributed by atoms with Gasteiger partial charge in [-0.15, -0.1) is 0 Å². The SMILES string of the molecule is Cc1c(N(C(=O)c2cc(-c3cc4c(cc3C(=O)N3Cc5ccccc5C[C@H]3C)CN(C(=O)Cc3ccc(OCCN5CCN6CCOC[C@@H]6C5)cc3)CC4)n(C)c2C)c2ccc(O)cc2)cc(C#N)n1C. The molecular weight excluding hydrogens is 893 g/mol. The molecule has 2 atom stereocenters. The molecule has 0 bridgehead atoms. The monoisotopic (exact) mass is 954 g/mol. The Morgan fingerprint density at radius 3 is 2.37 bits per heavy atom. The summed E-state index contributed by atoms with van der Waals surface area (Å²) < 4.78 is 15.6. The van der Waals surface area contributed by atoms with Gasteiger partial charge in [-0.1, -0.05) is 36.4 Å². The van der Waals surface area contributed by atoms with E-state index in [-0.39, 0.29) is 35.9 Å². The van der Waals surface area contributed by atoms with E-state index in [1.807, 2.05) is 83.8 Å². The number of amides is 3. The molecule has 0 radical (unpaired) electrons. The Kier molecular flexibility index (Phi) is 13.3. The zero-order valence-corrected chi connectivity index (χ0v) is 41.4. The van der Waals surface area contributed by atoms with E-state index >= 15 is 9.59 Å². The number of anilines is 2. The molecule has 71 heavy (non-hydrogen) atoms. The number of carbonyl (C=O) groups excluding carboxylic acids is 3. The standard InChI is InChI=1S/C57H62N8O6/c1-37-26-41-8-6-7-9-43(41)34-64(37)56(68)52-29-44-33-63(55(67)27-40-10-16-49(17-11-40)71-25-22-61-20-21-62-23-24-70-36-47(62)35-61)19-18-42(44)28-51(52)54-31-50(38(2)60(54)5)57(69)65(45-12-14-48(66)15-13-45)53-30-46(32-58)59(4)39(53)3/h6-17,28-31,37,47,66H,18-27,33-36H2,1-5H3/t37-,47+/m1/s1. The van der Waals surface area contributed by atoms with E-state index in [1.165, 1.54) is 17.7 Å². The molecule has 1 N–H and O–H groups in total. The quantitative estimate of drug-likeness (QED) is 0.142. The predicted molar refractivity (Wildman–Crippen MR) is 272 cm³/mol. The number of aromatic hydroxyl groups is 1. The van der Waals surface area contributed by atoms with Crippen LogP contribution in [0.4, 0.5) is 11.4 Å². The lowest BCUT2D eigenvalue weighted by Gasteiger charge is -2.43. The van der Waals surface area contributed by atoms with Crippen LogP contribution in [0.2, 0.25) is 0 Å². The summed E-state index contributed by atoms with van der Waals surface area (Å²) in [7, 11) is 3.70. The molecule has 0 aliphatic carbocycles. The molecule has 4 aromatic carbocycles. The number of rotatable bonds is 11. The topological polar surface area (TPSA) is 140 Å². The lowest BCUT2D eigenvalue weighted by molar-refractivity contribution is -0.131. The molecule has 2 saturated heterocycles. The maximum atomic E-state index is 15.2. The third kappa shape index (κ3) is 9.45. The first-order valence-electron chi connectivity index (χ1n) is 24.8. The number of piperazine rings is 1. The third-order valence-corrected chi connectivity index (χ3v) is 15.4. The number of aromatic nitrogens is 2. The number of ether oxygens (including phenoxy) is 2. The van der Waals surface area contributed by atoms with Gasteiger partial charge in [0.05, 0.1) is 30.9 Å². The van der Waals surface area contributed by atoms with Crippen molar-refractivity contribution in [2.24, 2.45) is 14.1 Å². The number of fused-ring (bicyclic) bond motifs is 3. The minimum absolute atomic E-state index is 0.0169. The Labute approximate surface area is 415 Å². The minimum atomic E-state index is -0.323. The first kappa shape index (κ1) is 47.5. The molecule has 0 unspecified atom stereocenters. The number of phenols is 1. The van der Waals surface area contributed by atoms with Crippen LogP contribution in [0.5, 0.6) is 11.5 Å². The molecule has 0 saturated carbocycles. The zero-order valence-electron chi connectivity index (χ0n) is 41.4. The summed E-state index contributed by atoms with van der Waals surface area (Å²) in [5.41, 5.74) is 10.5. The summed E-state index contributed by atoms with van der Waals surface area (Å²) in [5.74, 6) is 0.429. The summed E-state index contributed by atoms with van der Waals surface area (Å²) in [6, 6.07) is 32.8. The van der Waals surface area contributed by atoms with Crippen molar-refractivity contribution in [3.8, 4) is 28.8 Å². The Morgan fingerprint density at radius 2 is 1.61 bits per heavy atom. The van der Waals surface area contributed by atoms with Gasteiger partial charge in [-0.05, 0) is 122 Å². The second-order valence-electron chi connectivity index (χ2n) is 19.6. The predicted octanol–water partition coefficient (Wildman–Crippen LogP) is 7.31. The number of phenolic OH excluding ortho intramolecular Hbond substituents is 1. The summed E-state index contributed by atoms with van der Waals surface area (Å²) in [6.07, 6.45) is 1.58. The molecule has 14 heteroatoms. The summed E-state index contributed by atoms with van der Waals surface area (Å²) in [4.78, 5) is 54.7. The third-order valence-electron chi connectivity index (χ3n) is 15.4. The van der Waals surface area contributed by atoms with Crippen LogP contribution >= 0.6 is 0 Å². The van der Waals surface area contributed by atoms with Crippen molar-refractivity contribution in [3.05, 3.63) is 153 Å². The molecule has 6 aromatic rings. The second-order valence-corrected chi connectivity index (χ2v) is 19.6. The van der Waals surface area contributed by atoms with Gasteiger partial charge in [0, 0.05) is 112 Å². The lowest BCUT2D eigenvalue weighted by atomic mass is 9.89. The van der Waals surface area contributed by atoms with Crippen molar-refractivity contribution < 1.29 is 29.0 Å². The fourth-order valence-corrected chi connectivity index (χ4v) is 10.9. The van der Waals surface area contributed by atoms with Gasteiger partial charge in [-0.3, -0.25) is 29.1 Å². The Balaban J connectivity index is 0.914. The number of nitrogens with zero attached hydrogens (tertiary/aromatic N) is 8. The molecule has 4 aliphatic heterocycles. The van der Waals surface area contributed by atoms with Crippen LogP contribution in [0.3, 0.4) is 0 Å². The molecule has 2 aromatic heterocycles. The highest BCUT2D eigenvalue weighted by Gasteiger charge is 2.34. The summed E-state index contributed by atoms with van der Waals surface area (Å²) in [5, 5.41) is 20.1. The van der Waals surface area contributed by atoms with Crippen LogP contribution < -0.4 is 9.64 Å². The summed E-state index contributed by atoms with van der Waals surface area (Å²) in [6.45, 7) is 14.4. The molecule has 14 nitrogen and oxygen atoms in total. The smallest absolute Gasteiger partial charge is 0.264 e. The minimum Gasteiger partial charge on any atom is -0.508 e. The van der Waals surface area contributed by atoms with E-state index < -0.39 is 0 Å². The number of carbonyl (C=O) groups is 3. The number of hydrogen-bond acceptors (Lipinski definition) is 9. The fourth-order valence-electron chi connectivity index (χ4n) is 10.9. The Bertz CT molecular complexity index is 3040. The van der Waals surface area contributed by atoms with Crippen molar-refractivity contribution in [1.82, 2.24) is 28.7 Å². The van der Waals surface area contributed by atoms with Crippen molar-refractivity contribution in [1.29, 1.82) is 5.26 Å². The summed E-state index contributed by atoms with van der Waals surface area (Å²) >= 11 is 0. The highest BCUT2D eigenvalue weighted by Crippen LogP contribution is 2.38. The van der Waals surface area contributed by atoms with Gasteiger partial charge in [0.1, 0.15) is 29.9 Å². The van der Waals surface area contributed by atoms with Gasteiger partial charge in [0.25, 0.3) is 11.8 Å². The second kappa shape index (κ2) is 19.9. The molecule has 10 rings (SSSR count). The van der Waals surface area contributed by atoms with Crippen LogP contribution in [0, 0.1) is 25.2 Å². The largest absolute Gasteiger partial charge is 0.508 e. The molecule has 366 valence electrons. The van der Waals surface area contributed by atoms with E-state index in [2.05, 4.69) is 41.0 Å². The van der Waals surface area contributed by atoms with Gasteiger partial charge in [0.2, 0.25) is 5.91 Å². The number of hydrogen-bond donors (Lipinski definition) is 1. The van der Waals surface area contributed by atoms with Gasteiger partial charge >= 0.3 is 0 Å². The molecule has 6 heterocycles. The highest BCUT2D eigenvalue weighted by atomic mass is 16.5. The van der Waals surface area contributed by atoms with Crippen molar-refractivity contribution in [2.75, 3.05) is 64.0 Å². The molecule has 2 fully saturated rings. The van der Waals surface area contributed by atoms with Gasteiger partial charge in [-0.2, -0.15) is 5.26 Å². The van der Waals surface area contributed by atoms with Gasteiger partial charge in [0.15, 0.2) is 0 Å². The number of nitriles is 1. The van der Waals surface area contributed by atoms with Crippen LogP contribution in [0.25, 0.3) is 11.3 Å². The maximum Gasteiger partial charge on any atom is 0.264 e. The average Bonchev–Trinajstić information content (AvgIpc) is 3.84. The Morgan fingerprint density at radius 1 is 0.831 bits per heavy atom. The molecule has 3 amide bonds. The molecule has 4 aliphatic rings. The van der Waals surface area contributed by atoms with Gasteiger partial charge in [-0.25, -0.2) is 0 Å². The average molecular weight is 955 g/mol. The normalized spacial score (nSPS) is 18.0. The van der Waals surface area contributed by atoms with Crippen molar-refractivity contribution >= 4 is 29.1 Å². The van der Waals surface area contributed by atoms with Gasteiger partial charge < -0.3 is 33.5 Å². The van der Waals surface area contributed by atoms with E-state index in [1.54, 1.807) is 34.7 Å². The van der Waals surface area contributed by atoms with E-state index in [0.717, 1.165) is 86.1 Å². The first-order valence-corrected chi connectivity index (χ1v) is 24.8. The first-order chi connectivity index (χ1) is 34.3. The zero-order chi connectivity index (χ0) is 49.5. The van der Waals surface area contributed by atoms with E-state index in [4.69, 9.17) is 9.47 Å². The number of morpholine rings is 1. The highest BCUT2D eigenvalue weighted by molar-refractivity contribution is 6.13. The molecule has 0 spiro atoms. The maximum absolute atomic E-state index is 15.2. The Hall–Kier alpha value is -7.18. The van der Waals surface area contributed by atoms with Crippen molar-refractivity contribution in [2.45, 2.75) is 65.2 Å². The van der Waals surface area contributed by atoms with Crippen LogP contribution in [-0.2, 0) is 56.0 Å². The van der Waals surface area contributed by atoms with Crippen LogP contribution in [0.1, 0.15) is 72.5 Å². The van der Waals surface area contributed by atoms with Crippen LogP contribution in [-0.4, -0.2) is 123 Å². The van der Waals surface area contributed by atoms with Crippen molar-refractivity contribution in [3.63, 3.8) is 0 Å². The fraction of sp³-hybridized carbons (Fsp3) is 0.368. The van der Waals surface area contributed by atoms with E-state index in [0.29, 0.717) is 83.9 Å². The van der Waals surface area contributed by atoms with Crippen LogP contribution in [0.15, 0.2) is 97.1 Å².